The van der Waals surface area contributed by atoms with Gasteiger partial charge in [0.1, 0.15) is 0 Å². The van der Waals surface area contributed by atoms with Gasteiger partial charge >= 0.3 is 59.1 Å². The first-order valence-corrected chi connectivity index (χ1v) is 10.4. The molecule has 0 aromatic heterocycles. The van der Waals surface area contributed by atoms with E-state index in [-0.39, 0.29) is 59.1 Å². The van der Waals surface area contributed by atoms with E-state index in [2.05, 4.69) is 0 Å². The van der Waals surface area contributed by atoms with E-state index in [1.165, 1.54) is 0 Å². The molecule has 0 radical (unpaired) electrons. The van der Waals surface area contributed by atoms with Crippen LogP contribution in [0.3, 0.4) is 0 Å². The molecule has 2 atom stereocenters. The summed E-state index contributed by atoms with van der Waals surface area (Å²) in [6.07, 6.45) is -0.977. The summed E-state index contributed by atoms with van der Waals surface area (Å²) >= 11 is 0. The van der Waals surface area contributed by atoms with Crippen molar-refractivity contribution in [1.82, 2.24) is 10.6 Å². The molecule has 2 heterocycles. The SMILES string of the molecule is O=C1CC(S(=O)(=O)O)C(=O)N1.O=C1CC(S(=O)(=O)O)C(=O)N1.O=S(=O)([O-])[O-].[Na+].[Na+]. The summed E-state index contributed by atoms with van der Waals surface area (Å²) < 4.78 is 92.1. The van der Waals surface area contributed by atoms with E-state index >= 15 is 0 Å². The van der Waals surface area contributed by atoms with Gasteiger partial charge in [-0.25, -0.2) is 0 Å². The maximum absolute atomic E-state index is 10.6. The Morgan fingerprint density at radius 1 is 0.690 bits per heavy atom. The third-order valence-electron chi connectivity index (χ3n) is 2.57. The third kappa shape index (κ3) is 14.6. The number of carbonyl (C=O) groups is 4. The Bertz CT molecular complexity index is 885. The zero-order valence-corrected chi connectivity index (χ0v) is 21.0. The number of nitrogens with one attached hydrogen (secondary N) is 2. The van der Waals surface area contributed by atoms with Crippen LogP contribution < -0.4 is 69.7 Å². The molecule has 2 aliphatic rings. The molecule has 2 fully saturated rings. The van der Waals surface area contributed by atoms with E-state index in [9.17, 15) is 36.0 Å². The maximum Gasteiger partial charge on any atom is 1.00 e. The Morgan fingerprint density at radius 2 is 0.897 bits per heavy atom. The van der Waals surface area contributed by atoms with Gasteiger partial charge in [0.15, 0.2) is 10.5 Å². The minimum Gasteiger partial charge on any atom is -0.759 e. The van der Waals surface area contributed by atoms with E-state index in [1.54, 1.807) is 10.6 Å². The standard InChI is InChI=1S/2C4H5NO5S.2Na.H2O4S/c2*6-3-1-2(4(7)5-3)11(8,9)10;;;1-5(2,3)4/h2*2H,1H2,(H,5,6,7)(H,8,9,10);;;(H2,1,2,3,4)/q;;2*+1;/p-2. The first kappa shape index (κ1) is 33.6. The number of amides is 4. The molecule has 0 saturated carbocycles. The molecule has 21 heteroatoms. The van der Waals surface area contributed by atoms with Crippen LogP contribution in [-0.4, -0.2) is 77.6 Å². The fraction of sp³-hybridized carbons (Fsp3) is 0.500. The van der Waals surface area contributed by atoms with Crippen LogP contribution in [0.15, 0.2) is 0 Å². The van der Waals surface area contributed by atoms with Crippen molar-refractivity contribution >= 4 is 54.3 Å². The Labute approximate surface area is 208 Å². The van der Waals surface area contributed by atoms with E-state index in [1.807, 2.05) is 0 Å². The summed E-state index contributed by atoms with van der Waals surface area (Å²) in [5.74, 6) is -3.29. The number of rotatable bonds is 2. The minimum atomic E-state index is -5.17. The molecular formula is C8H10N2Na2O14S3. The van der Waals surface area contributed by atoms with Gasteiger partial charge in [0.2, 0.25) is 23.6 Å². The van der Waals surface area contributed by atoms with Crippen molar-refractivity contribution in [3.63, 3.8) is 0 Å². The third-order valence-corrected chi connectivity index (χ3v) is 4.77. The predicted molar refractivity (Wildman–Crippen MR) is 76.7 cm³/mol. The van der Waals surface area contributed by atoms with Crippen LogP contribution >= 0.6 is 0 Å². The molecule has 2 saturated heterocycles. The zero-order chi connectivity index (χ0) is 21.8. The number of hydrogen-bond donors (Lipinski definition) is 4. The molecule has 29 heavy (non-hydrogen) atoms. The Morgan fingerprint density at radius 3 is 0.966 bits per heavy atom. The van der Waals surface area contributed by atoms with E-state index in [0.717, 1.165) is 0 Å². The van der Waals surface area contributed by atoms with Crippen molar-refractivity contribution in [2.24, 2.45) is 0 Å². The molecule has 4 N–H and O–H groups in total. The number of carbonyl (C=O) groups excluding carboxylic acids is 4. The fourth-order valence-corrected chi connectivity index (χ4v) is 2.92. The quantitative estimate of drug-likeness (QED) is 0.119. The minimum absolute atomic E-state index is 0. The predicted octanol–water partition coefficient (Wildman–Crippen LogP) is -10.8. The van der Waals surface area contributed by atoms with Crippen molar-refractivity contribution in [1.29, 1.82) is 0 Å². The van der Waals surface area contributed by atoms with Gasteiger partial charge in [0.05, 0.1) is 12.8 Å². The van der Waals surface area contributed by atoms with Crippen molar-refractivity contribution < 1.29 is 122 Å². The van der Waals surface area contributed by atoms with Crippen molar-refractivity contribution in [2.75, 3.05) is 0 Å². The second kappa shape index (κ2) is 12.7. The molecule has 156 valence electrons. The summed E-state index contributed by atoms with van der Waals surface area (Å²) in [4.78, 5) is 41.9. The van der Waals surface area contributed by atoms with Gasteiger partial charge in [-0.15, -0.1) is 0 Å². The molecular weight excluding hydrogens is 490 g/mol. The van der Waals surface area contributed by atoms with Gasteiger partial charge in [-0.05, 0) is 0 Å². The molecule has 16 nitrogen and oxygen atoms in total. The normalized spacial score (nSPS) is 21.2. The van der Waals surface area contributed by atoms with Crippen molar-refractivity contribution in [3.05, 3.63) is 0 Å². The van der Waals surface area contributed by atoms with Gasteiger partial charge < -0.3 is 9.11 Å². The summed E-state index contributed by atoms with van der Waals surface area (Å²) in [5.41, 5.74) is 0. The molecule has 0 aromatic carbocycles. The first-order chi connectivity index (χ1) is 11.8. The van der Waals surface area contributed by atoms with E-state index in [4.69, 9.17) is 26.6 Å². The molecule has 0 aliphatic carbocycles. The molecule has 4 amide bonds. The van der Waals surface area contributed by atoms with Crippen molar-refractivity contribution in [3.8, 4) is 0 Å². The number of hydrogen-bond acceptors (Lipinski definition) is 12. The monoisotopic (exact) mass is 500 g/mol. The summed E-state index contributed by atoms with van der Waals surface area (Å²) in [5, 5.41) is 0.281. The fourth-order valence-electron chi connectivity index (χ4n) is 1.54. The Balaban J connectivity index is -0.000000361. The van der Waals surface area contributed by atoms with Crippen LogP contribution in [0.5, 0.6) is 0 Å². The van der Waals surface area contributed by atoms with E-state index in [0.29, 0.717) is 0 Å². The molecule has 0 aromatic rings. The second-order valence-corrected chi connectivity index (χ2v) is 8.66. The molecule has 2 rings (SSSR count). The smallest absolute Gasteiger partial charge is 0.759 e. The van der Waals surface area contributed by atoms with Gasteiger partial charge in [-0.3, -0.25) is 47.3 Å². The van der Waals surface area contributed by atoms with Crippen LogP contribution in [0.4, 0.5) is 0 Å². The van der Waals surface area contributed by atoms with Crippen LogP contribution in [0.25, 0.3) is 0 Å². The van der Waals surface area contributed by atoms with Gasteiger partial charge in [-0.2, -0.15) is 16.8 Å². The summed E-state index contributed by atoms with van der Waals surface area (Å²) in [7, 11) is -14.0. The molecule has 2 aliphatic heterocycles. The van der Waals surface area contributed by atoms with Crippen molar-refractivity contribution in [2.45, 2.75) is 23.3 Å². The summed E-state index contributed by atoms with van der Waals surface area (Å²) in [6.45, 7) is 0. The van der Waals surface area contributed by atoms with Gasteiger partial charge in [0, 0.05) is 10.4 Å². The average molecular weight is 500 g/mol. The zero-order valence-electron chi connectivity index (χ0n) is 14.6. The summed E-state index contributed by atoms with van der Waals surface area (Å²) in [6, 6.07) is 0. The largest absolute Gasteiger partial charge is 1.00 e. The topological polar surface area (TPSA) is 281 Å². The molecule has 2 unspecified atom stereocenters. The van der Waals surface area contributed by atoms with Gasteiger partial charge in [-0.1, -0.05) is 0 Å². The maximum atomic E-state index is 10.6. The van der Waals surface area contributed by atoms with E-state index < -0.39 is 77.6 Å². The van der Waals surface area contributed by atoms with Crippen LogP contribution in [0.1, 0.15) is 12.8 Å². The Hall–Kier alpha value is -0.0300. The van der Waals surface area contributed by atoms with Crippen LogP contribution in [-0.2, 0) is 49.8 Å². The number of imide groups is 2. The van der Waals surface area contributed by atoms with Crippen LogP contribution in [0, 0.1) is 0 Å². The average Bonchev–Trinajstić information content (AvgIpc) is 2.89. The Kier molecular flexibility index (Phi) is 14.8. The first-order valence-electron chi connectivity index (χ1n) is 6.09. The molecule has 0 spiro atoms. The van der Waals surface area contributed by atoms with Crippen LogP contribution in [0.2, 0.25) is 0 Å². The second-order valence-electron chi connectivity index (χ2n) is 4.65. The molecule has 0 bridgehead atoms. The van der Waals surface area contributed by atoms with Gasteiger partial charge in [0.25, 0.3) is 20.2 Å².